The molecule has 2 rings (SSSR count). The number of benzene rings is 2. The van der Waals surface area contributed by atoms with Crippen LogP contribution in [0.4, 0.5) is 15.8 Å². The van der Waals surface area contributed by atoms with Crippen molar-refractivity contribution in [1.82, 2.24) is 0 Å². The lowest BCUT2D eigenvalue weighted by Crippen LogP contribution is -1.95. The zero-order chi connectivity index (χ0) is 15.6. The van der Waals surface area contributed by atoms with Crippen LogP contribution < -0.4 is 4.74 Å². The lowest BCUT2D eigenvalue weighted by atomic mass is 10.2. The first-order valence-electron chi connectivity index (χ1n) is 5.43. The summed E-state index contributed by atoms with van der Waals surface area (Å²) in [6, 6.07) is 6.10. The minimum atomic E-state index is -0.899. The summed E-state index contributed by atoms with van der Waals surface area (Å²) in [5.41, 5.74) is -0.930. The lowest BCUT2D eigenvalue weighted by Gasteiger charge is -2.07. The van der Waals surface area contributed by atoms with Crippen LogP contribution in [0.3, 0.4) is 0 Å². The smallest absolute Gasteiger partial charge is 0.311 e. The molecule has 0 fully saturated rings. The van der Waals surface area contributed by atoms with Crippen LogP contribution >= 0.6 is 11.6 Å². The number of non-ortho nitro benzene ring substituents is 1. The molecule has 0 N–H and O–H groups in total. The molecule has 0 heterocycles. The molecule has 2 aromatic carbocycles. The molecule has 21 heavy (non-hydrogen) atoms. The summed E-state index contributed by atoms with van der Waals surface area (Å²) in [6.07, 6.45) is 0. The first-order chi connectivity index (χ1) is 9.86. The second-order valence-electron chi connectivity index (χ2n) is 3.87. The molecule has 0 aliphatic carbocycles. The van der Waals surface area contributed by atoms with E-state index in [1.807, 2.05) is 0 Å². The van der Waals surface area contributed by atoms with Crippen LogP contribution in [-0.2, 0) is 0 Å². The number of rotatable bonds is 4. The van der Waals surface area contributed by atoms with Crippen molar-refractivity contribution in [1.29, 1.82) is 0 Å². The van der Waals surface area contributed by atoms with Crippen LogP contribution in [0.15, 0.2) is 36.4 Å². The van der Waals surface area contributed by atoms with Crippen LogP contribution in [0.2, 0.25) is 5.02 Å². The highest BCUT2D eigenvalue weighted by atomic mass is 35.5. The van der Waals surface area contributed by atoms with Gasteiger partial charge in [0.1, 0.15) is 11.6 Å². The van der Waals surface area contributed by atoms with Crippen molar-refractivity contribution in [2.75, 3.05) is 0 Å². The van der Waals surface area contributed by atoms with Gasteiger partial charge in [0, 0.05) is 23.2 Å². The molecule has 0 aliphatic rings. The van der Waals surface area contributed by atoms with Crippen LogP contribution in [-0.4, -0.2) is 9.85 Å². The average Bonchev–Trinajstić information content (AvgIpc) is 2.37. The maximum atomic E-state index is 13.3. The number of nitrogens with zero attached hydrogens (tertiary/aromatic N) is 2. The molecule has 0 aliphatic heterocycles. The van der Waals surface area contributed by atoms with E-state index in [1.54, 1.807) is 0 Å². The SMILES string of the molecule is O=[N+]([O-])c1cc(F)cc(Oc2cc(Cl)ccc2[N+](=O)[O-])c1. The van der Waals surface area contributed by atoms with Crippen LogP contribution in [0.1, 0.15) is 0 Å². The van der Waals surface area contributed by atoms with Crippen molar-refractivity contribution in [3.63, 3.8) is 0 Å². The van der Waals surface area contributed by atoms with E-state index < -0.39 is 27.0 Å². The van der Waals surface area contributed by atoms with Gasteiger partial charge >= 0.3 is 5.69 Å². The summed E-state index contributed by atoms with van der Waals surface area (Å²) in [5, 5.41) is 21.7. The van der Waals surface area contributed by atoms with Gasteiger partial charge in [-0.25, -0.2) is 4.39 Å². The molecule has 0 aromatic heterocycles. The van der Waals surface area contributed by atoms with Gasteiger partial charge in [0.25, 0.3) is 5.69 Å². The summed E-state index contributed by atoms with van der Waals surface area (Å²) in [7, 11) is 0. The summed E-state index contributed by atoms with van der Waals surface area (Å²) in [4.78, 5) is 20.0. The first kappa shape index (κ1) is 14.7. The number of ether oxygens (including phenoxy) is 1. The van der Waals surface area contributed by atoms with Gasteiger partial charge in [-0.05, 0) is 6.07 Å². The Morgan fingerprint density at radius 2 is 1.76 bits per heavy atom. The molecule has 0 spiro atoms. The van der Waals surface area contributed by atoms with Crippen LogP contribution in [0.25, 0.3) is 0 Å². The molecule has 7 nitrogen and oxygen atoms in total. The fourth-order valence-electron chi connectivity index (χ4n) is 1.56. The predicted molar refractivity (Wildman–Crippen MR) is 71.2 cm³/mol. The van der Waals surface area contributed by atoms with E-state index in [-0.39, 0.29) is 16.5 Å². The van der Waals surface area contributed by atoms with Crippen LogP contribution in [0.5, 0.6) is 11.5 Å². The molecule has 9 heteroatoms. The molecular formula is C12H6ClFN2O5. The fraction of sp³-hybridized carbons (Fsp3) is 0. The van der Waals surface area contributed by atoms with Gasteiger partial charge in [-0.1, -0.05) is 11.6 Å². The normalized spacial score (nSPS) is 10.2. The summed E-state index contributed by atoms with van der Waals surface area (Å²) in [6.45, 7) is 0. The van der Waals surface area contributed by atoms with Crippen molar-refractivity contribution >= 4 is 23.0 Å². The molecular weight excluding hydrogens is 307 g/mol. The molecule has 0 radical (unpaired) electrons. The van der Waals surface area contributed by atoms with E-state index in [4.69, 9.17) is 16.3 Å². The van der Waals surface area contributed by atoms with Crippen molar-refractivity contribution in [3.05, 3.63) is 67.5 Å². The second kappa shape index (κ2) is 5.71. The topological polar surface area (TPSA) is 95.5 Å². The first-order valence-corrected chi connectivity index (χ1v) is 5.81. The highest BCUT2D eigenvalue weighted by molar-refractivity contribution is 6.30. The number of hydrogen-bond acceptors (Lipinski definition) is 5. The van der Waals surface area contributed by atoms with E-state index in [0.717, 1.165) is 24.3 Å². The number of halogens is 2. The predicted octanol–water partition coefficient (Wildman–Crippen LogP) is 4.09. The van der Waals surface area contributed by atoms with E-state index in [9.17, 15) is 24.6 Å². The Morgan fingerprint density at radius 3 is 2.38 bits per heavy atom. The molecule has 0 saturated carbocycles. The van der Waals surface area contributed by atoms with Gasteiger partial charge in [0.15, 0.2) is 0 Å². The summed E-state index contributed by atoms with van der Waals surface area (Å²) in [5.74, 6) is -1.39. The Hall–Kier alpha value is -2.74. The maximum Gasteiger partial charge on any atom is 0.311 e. The van der Waals surface area contributed by atoms with E-state index in [0.29, 0.717) is 6.07 Å². The third-order valence-corrected chi connectivity index (χ3v) is 2.65. The zero-order valence-corrected chi connectivity index (χ0v) is 10.9. The monoisotopic (exact) mass is 312 g/mol. The third-order valence-electron chi connectivity index (χ3n) is 2.41. The third kappa shape index (κ3) is 3.42. The lowest BCUT2D eigenvalue weighted by molar-refractivity contribution is -0.386. The maximum absolute atomic E-state index is 13.3. The fourth-order valence-corrected chi connectivity index (χ4v) is 1.72. The van der Waals surface area contributed by atoms with Crippen LogP contribution in [0, 0.1) is 26.0 Å². The van der Waals surface area contributed by atoms with E-state index in [1.165, 1.54) is 6.07 Å². The molecule has 0 bridgehead atoms. The molecule has 0 amide bonds. The van der Waals surface area contributed by atoms with Gasteiger partial charge in [-0.3, -0.25) is 20.2 Å². The average molecular weight is 313 g/mol. The Balaban J connectivity index is 2.45. The molecule has 2 aromatic rings. The molecule has 0 atom stereocenters. The minimum Gasteiger partial charge on any atom is -0.450 e. The molecule has 108 valence electrons. The standard InChI is InChI=1S/C12H6ClFN2O5/c13-7-1-2-11(16(19)20)12(3-7)21-10-5-8(14)4-9(6-10)15(17)18/h1-6H. The summed E-state index contributed by atoms with van der Waals surface area (Å²) < 4.78 is 18.4. The Labute approximate surface area is 121 Å². The van der Waals surface area contributed by atoms with Gasteiger partial charge in [0.05, 0.1) is 22.0 Å². The summed E-state index contributed by atoms with van der Waals surface area (Å²) >= 11 is 5.72. The Bertz CT molecular complexity index is 738. The van der Waals surface area contributed by atoms with Crippen molar-refractivity contribution in [2.45, 2.75) is 0 Å². The number of nitro groups is 2. The van der Waals surface area contributed by atoms with Gasteiger partial charge in [-0.15, -0.1) is 0 Å². The number of hydrogen-bond donors (Lipinski definition) is 0. The second-order valence-corrected chi connectivity index (χ2v) is 4.31. The van der Waals surface area contributed by atoms with Gasteiger partial charge in [0.2, 0.25) is 5.75 Å². The van der Waals surface area contributed by atoms with Crippen molar-refractivity contribution < 1.29 is 19.0 Å². The Kier molecular flexibility index (Phi) is 3.99. The van der Waals surface area contributed by atoms with Gasteiger partial charge < -0.3 is 4.74 Å². The largest absolute Gasteiger partial charge is 0.450 e. The molecule has 0 saturated heterocycles. The molecule has 0 unspecified atom stereocenters. The quantitative estimate of drug-likeness (QED) is 0.626. The number of nitro benzene ring substituents is 2. The highest BCUT2D eigenvalue weighted by Gasteiger charge is 2.18. The Morgan fingerprint density at radius 1 is 1.05 bits per heavy atom. The minimum absolute atomic E-state index is 0.168. The van der Waals surface area contributed by atoms with E-state index >= 15 is 0 Å². The van der Waals surface area contributed by atoms with E-state index in [2.05, 4.69) is 0 Å². The highest BCUT2D eigenvalue weighted by Crippen LogP contribution is 2.35. The zero-order valence-electron chi connectivity index (χ0n) is 10.2. The van der Waals surface area contributed by atoms with Crippen molar-refractivity contribution in [3.8, 4) is 11.5 Å². The van der Waals surface area contributed by atoms with Gasteiger partial charge in [-0.2, -0.15) is 0 Å². The van der Waals surface area contributed by atoms with Crippen molar-refractivity contribution in [2.24, 2.45) is 0 Å².